The number of carbonyl (C=O) groups excluding carboxylic acids is 1. The Morgan fingerprint density at radius 2 is 1.75 bits per heavy atom. The van der Waals surface area contributed by atoms with E-state index in [2.05, 4.69) is 72.1 Å². The molecule has 3 aromatic rings. The van der Waals surface area contributed by atoms with E-state index in [0.717, 1.165) is 18.1 Å². The number of ether oxygens (including phenoxy) is 3. The van der Waals surface area contributed by atoms with Crippen molar-refractivity contribution in [2.45, 2.75) is 109 Å². The number of hydrogen-bond donors (Lipinski definition) is 1. The van der Waals surface area contributed by atoms with Crippen LogP contribution < -0.4 is 5.32 Å². The number of carbonyl (C=O) groups is 1. The number of halogens is 1. The highest BCUT2D eigenvalue weighted by Gasteiger charge is 2.59. The maximum atomic E-state index is 12.9. The molecule has 0 spiro atoms. The van der Waals surface area contributed by atoms with Crippen molar-refractivity contribution >= 4 is 50.9 Å². The van der Waals surface area contributed by atoms with Crippen molar-refractivity contribution < 1.29 is 23.4 Å². The zero-order valence-electron chi connectivity index (χ0n) is 26.7. The fraction of sp³-hybridized carbons (Fsp3) is 0.548. The number of imidazole rings is 1. The number of fused-ring (bicyclic) bond motifs is 2. The SMILES string of the molecule is CC[Si](CC)(CC)O[C@@H](C#C[Si](C)(C)C)[C@H]1O[C@@H](n2c(Cl)nc3c(NC(=O)c4ccccc4)ncnc32)[C@@H]2OC(C)(C)O[C@@H]21. The minimum Gasteiger partial charge on any atom is -0.401 e. The summed E-state index contributed by atoms with van der Waals surface area (Å²) in [6, 6.07) is 11.8. The first-order valence-electron chi connectivity index (χ1n) is 15.3. The summed E-state index contributed by atoms with van der Waals surface area (Å²) in [6.07, 6.45) is -1.43. The number of nitrogens with one attached hydrogen (secondary N) is 1. The Labute approximate surface area is 266 Å². The lowest BCUT2D eigenvalue weighted by Gasteiger charge is -2.35. The molecule has 13 heteroatoms. The molecule has 1 amide bonds. The summed E-state index contributed by atoms with van der Waals surface area (Å²) in [5.74, 6) is 2.55. The van der Waals surface area contributed by atoms with Crippen molar-refractivity contribution in [1.82, 2.24) is 19.5 Å². The molecule has 5 atom stereocenters. The van der Waals surface area contributed by atoms with E-state index < -0.39 is 52.8 Å². The monoisotopic (exact) mass is 655 g/mol. The van der Waals surface area contributed by atoms with Gasteiger partial charge in [0.1, 0.15) is 38.8 Å². The van der Waals surface area contributed by atoms with Crippen LogP contribution in [0.1, 0.15) is 51.2 Å². The average Bonchev–Trinajstić information content (AvgIpc) is 3.61. The van der Waals surface area contributed by atoms with Crippen LogP contribution in [0.2, 0.25) is 43.1 Å². The maximum absolute atomic E-state index is 12.9. The minimum atomic E-state index is -2.09. The Balaban J connectivity index is 1.55. The van der Waals surface area contributed by atoms with Gasteiger partial charge in [0, 0.05) is 5.56 Å². The largest absolute Gasteiger partial charge is 0.401 e. The first-order valence-corrected chi connectivity index (χ1v) is 21.7. The van der Waals surface area contributed by atoms with Gasteiger partial charge in [0.15, 0.2) is 37.3 Å². The van der Waals surface area contributed by atoms with Gasteiger partial charge in [-0.05, 0) is 55.7 Å². The first-order chi connectivity index (χ1) is 20.8. The van der Waals surface area contributed by atoms with E-state index in [-0.39, 0.29) is 17.0 Å². The zero-order chi connectivity index (χ0) is 31.9. The molecule has 10 nitrogen and oxygen atoms in total. The molecule has 0 radical (unpaired) electrons. The van der Waals surface area contributed by atoms with E-state index >= 15 is 0 Å². The van der Waals surface area contributed by atoms with E-state index in [9.17, 15) is 4.79 Å². The summed E-state index contributed by atoms with van der Waals surface area (Å²) in [6.45, 7) is 17.0. The van der Waals surface area contributed by atoms with Gasteiger partial charge < -0.3 is 24.0 Å². The first kappa shape index (κ1) is 32.7. The molecule has 2 aliphatic heterocycles. The van der Waals surface area contributed by atoms with Crippen LogP contribution in [-0.4, -0.2) is 72.0 Å². The van der Waals surface area contributed by atoms with E-state index in [1.54, 1.807) is 28.8 Å². The van der Waals surface area contributed by atoms with Gasteiger partial charge in [-0.15, -0.1) is 5.54 Å². The smallest absolute Gasteiger partial charge is 0.256 e. The topological polar surface area (TPSA) is 110 Å². The van der Waals surface area contributed by atoms with Crippen molar-refractivity contribution in [2.24, 2.45) is 0 Å². The molecule has 0 saturated carbocycles. The molecule has 2 saturated heterocycles. The van der Waals surface area contributed by atoms with Gasteiger partial charge in [-0.3, -0.25) is 9.36 Å². The molecule has 5 rings (SSSR count). The van der Waals surface area contributed by atoms with Crippen molar-refractivity contribution in [3.8, 4) is 11.5 Å². The van der Waals surface area contributed by atoms with Crippen LogP contribution in [0.25, 0.3) is 11.2 Å². The molecular formula is C31H42ClN5O5Si2. The zero-order valence-corrected chi connectivity index (χ0v) is 29.4. The highest BCUT2D eigenvalue weighted by Crippen LogP contribution is 2.46. The fourth-order valence-corrected chi connectivity index (χ4v) is 9.33. The Morgan fingerprint density at radius 1 is 1.09 bits per heavy atom. The third kappa shape index (κ3) is 6.65. The lowest BCUT2D eigenvalue weighted by atomic mass is 10.1. The highest BCUT2D eigenvalue weighted by atomic mass is 35.5. The molecule has 2 aliphatic rings. The Kier molecular flexibility index (Phi) is 9.40. The van der Waals surface area contributed by atoms with Crippen LogP contribution >= 0.6 is 11.6 Å². The van der Waals surface area contributed by atoms with E-state index in [1.165, 1.54) is 6.33 Å². The van der Waals surface area contributed by atoms with Crippen molar-refractivity contribution in [2.75, 3.05) is 5.32 Å². The molecule has 2 aromatic heterocycles. The summed E-state index contributed by atoms with van der Waals surface area (Å²) in [4.78, 5) is 26.3. The summed E-state index contributed by atoms with van der Waals surface area (Å²) in [7, 11) is -3.83. The number of nitrogens with zero attached hydrogens (tertiary/aromatic N) is 4. The predicted octanol–water partition coefficient (Wildman–Crippen LogP) is 6.42. The molecule has 0 unspecified atom stereocenters. The van der Waals surface area contributed by atoms with Gasteiger partial charge in [-0.25, -0.2) is 15.0 Å². The van der Waals surface area contributed by atoms with Gasteiger partial charge in [0.25, 0.3) is 5.91 Å². The third-order valence-electron chi connectivity index (χ3n) is 8.22. The van der Waals surface area contributed by atoms with E-state index in [0.29, 0.717) is 16.7 Å². The Bertz CT molecular complexity index is 1560. The van der Waals surface area contributed by atoms with Gasteiger partial charge in [-0.2, -0.15) is 0 Å². The number of aromatic nitrogens is 4. The number of anilines is 1. The summed E-state index contributed by atoms with van der Waals surface area (Å²) in [5.41, 5.74) is 4.75. The van der Waals surface area contributed by atoms with E-state index in [4.69, 9.17) is 30.2 Å². The lowest BCUT2D eigenvalue weighted by molar-refractivity contribution is -0.202. The lowest BCUT2D eigenvalue weighted by Crippen LogP contribution is -2.47. The van der Waals surface area contributed by atoms with Gasteiger partial charge in [-0.1, -0.05) is 64.5 Å². The molecule has 236 valence electrons. The Hall–Kier alpha value is -2.64. The van der Waals surface area contributed by atoms with Crippen LogP contribution in [0.3, 0.4) is 0 Å². The fourth-order valence-electron chi connectivity index (χ4n) is 5.76. The summed E-state index contributed by atoms with van der Waals surface area (Å²) in [5, 5.41) is 2.97. The van der Waals surface area contributed by atoms with Crippen LogP contribution in [0, 0.1) is 11.5 Å². The quantitative estimate of drug-likeness (QED) is 0.160. The van der Waals surface area contributed by atoms with Crippen LogP contribution in [-0.2, 0) is 18.6 Å². The molecule has 0 bridgehead atoms. The number of benzene rings is 1. The van der Waals surface area contributed by atoms with Crippen molar-refractivity contribution in [3.05, 3.63) is 47.5 Å². The van der Waals surface area contributed by atoms with Crippen molar-refractivity contribution in [3.63, 3.8) is 0 Å². The van der Waals surface area contributed by atoms with Crippen LogP contribution in [0.4, 0.5) is 5.82 Å². The minimum absolute atomic E-state index is 0.124. The van der Waals surface area contributed by atoms with Gasteiger partial charge >= 0.3 is 0 Å². The Morgan fingerprint density at radius 3 is 2.39 bits per heavy atom. The molecule has 1 N–H and O–H groups in total. The number of hydrogen-bond acceptors (Lipinski definition) is 8. The van der Waals surface area contributed by atoms with Crippen LogP contribution in [0.15, 0.2) is 36.7 Å². The second-order valence-corrected chi connectivity index (χ2v) is 22.6. The molecule has 44 heavy (non-hydrogen) atoms. The summed E-state index contributed by atoms with van der Waals surface area (Å²) >= 11 is 6.80. The maximum Gasteiger partial charge on any atom is 0.256 e. The molecular weight excluding hydrogens is 614 g/mol. The average molecular weight is 656 g/mol. The predicted molar refractivity (Wildman–Crippen MR) is 176 cm³/mol. The third-order valence-corrected chi connectivity index (χ3v) is 14.0. The van der Waals surface area contributed by atoms with Gasteiger partial charge in [0.05, 0.1) is 0 Å². The number of rotatable bonds is 9. The van der Waals surface area contributed by atoms with Crippen LogP contribution in [0.5, 0.6) is 0 Å². The number of amides is 1. The highest BCUT2D eigenvalue weighted by molar-refractivity contribution is 6.83. The molecule has 4 heterocycles. The second kappa shape index (κ2) is 12.6. The summed E-state index contributed by atoms with van der Waals surface area (Å²) < 4.78 is 28.4. The normalized spacial score (nSPS) is 23.7. The standard InChI is InChI=1S/C31H42ClN5O5Si2/c1-9-44(10-2,11-3)42-21(17-18-43(6,7)8)23-24-25(41-31(4,5)40-24)29(39-23)37-27-22(35-30(37)32)26(33-19-34-27)36-28(38)20-15-13-12-14-16-20/h12-16,19,21,23-25,29H,9-11H2,1-8H3,(H,33,34,36,38)/t21-,23+,24+,25+,29+/m0/s1. The molecule has 2 fully saturated rings. The van der Waals surface area contributed by atoms with Crippen molar-refractivity contribution in [1.29, 1.82) is 0 Å². The second-order valence-electron chi connectivity index (χ2n) is 12.8. The molecule has 1 aromatic carbocycles. The van der Waals surface area contributed by atoms with E-state index in [1.807, 2.05) is 19.9 Å². The molecule has 0 aliphatic carbocycles. The van der Waals surface area contributed by atoms with Gasteiger partial charge in [0.2, 0.25) is 5.28 Å².